The number of benzene rings is 1. The molecule has 0 radical (unpaired) electrons. The van der Waals surface area contributed by atoms with Gasteiger partial charge < -0.3 is 9.64 Å². The molecule has 1 saturated carbocycles. The molecule has 0 N–H and O–H groups in total. The molecule has 170 valence electrons. The SMILES string of the molecule is O=C(c1cc(F)ccc1-c1ncccn1)N1CC2CC(Oc3cnc(C(F)(F)F)cn3)C1C2. The third kappa shape index (κ3) is 4.10. The van der Waals surface area contributed by atoms with Gasteiger partial charge in [0.2, 0.25) is 5.88 Å². The number of rotatable bonds is 4. The molecule has 0 spiro atoms. The van der Waals surface area contributed by atoms with Crippen LogP contribution in [0, 0.1) is 11.7 Å². The van der Waals surface area contributed by atoms with E-state index in [4.69, 9.17) is 4.74 Å². The molecule has 2 bridgehead atoms. The molecular weight excluding hydrogens is 442 g/mol. The molecule has 1 amide bonds. The number of piperidine rings is 1. The maximum Gasteiger partial charge on any atom is 0.434 e. The van der Waals surface area contributed by atoms with Crippen LogP contribution in [0.25, 0.3) is 11.4 Å². The van der Waals surface area contributed by atoms with Crippen molar-refractivity contribution in [2.24, 2.45) is 5.92 Å². The maximum absolute atomic E-state index is 14.0. The number of alkyl halides is 3. The summed E-state index contributed by atoms with van der Waals surface area (Å²) in [5.41, 5.74) is -0.556. The van der Waals surface area contributed by atoms with Gasteiger partial charge in [0.1, 0.15) is 11.9 Å². The van der Waals surface area contributed by atoms with Crippen LogP contribution >= 0.6 is 0 Å². The van der Waals surface area contributed by atoms with Crippen LogP contribution in [-0.4, -0.2) is 49.4 Å². The largest absolute Gasteiger partial charge is 0.471 e. The van der Waals surface area contributed by atoms with Crippen molar-refractivity contribution >= 4 is 5.91 Å². The normalized spacial score (nSPS) is 21.9. The number of carbonyl (C=O) groups is 1. The molecule has 3 atom stereocenters. The standard InChI is InChI=1S/C22H17F4N5O2/c23-13-2-3-14(20-27-4-1-5-28-20)15(8-13)21(32)31-11-12-6-16(31)17(7-12)33-19-10-29-18(9-30-19)22(24,25)26/h1-5,8-10,12,16-17H,6-7,11H2. The van der Waals surface area contributed by atoms with Gasteiger partial charge in [-0.2, -0.15) is 13.2 Å². The Labute approximate surface area is 185 Å². The lowest BCUT2D eigenvalue weighted by atomic mass is 10.0. The van der Waals surface area contributed by atoms with Gasteiger partial charge in [-0.3, -0.25) is 4.79 Å². The third-order valence-electron chi connectivity index (χ3n) is 5.90. The fourth-order valence-electron chi connectivity index (χ4n) is 4.49. The minimum absolute atomic E-state index is 0.0444. The van der Waals surface area contributed by atoms with Gasteiger partial charge in [-0.05, 0) is 43.0 Å². The Morgan fingerprint density at radius 2 is 1.85 bits per heavy atom. The summed E-state index contributed by atoms with van der Waals surface area (Å²) in [4.78, 5) is 30.5. The zero-order chi connectivity index (χ0) is 23.2. The van der Waals surface area contributed by atoms with Crippen LogP contribution in [-0.2, 0) is 6.18 Å². The molecule has 2 fully saturated rings. The monoisotopic (exact) mass is 459 g/mol. The van der Waals surface area contributed by atoms with E-state index in [1.165, 1.54) is 24.5 Å². The molecule has 3 heterocycles. The molecule has 2 aliphatic rings. The molecule has 33 heavy (non-hydrogen) atoms. The number of hydrogen-bond acceptors (Lipinski definition) is 6. The van der Waals surface area contributed by atoms with Gasteiger partial charge >= 0.3 is 6.18 Å². The van der Waals surface area contributed by atoms with E-state index >= 15 is 0 Å². The molecule has 7 nitrogen and oxygen atoms in total. The minimum atomic E-state index is -4.59. The van der Waals surface area contributed by atoms with Gasteiger partial charge in [-0.1, -0.05) is 0 Å². The second kappa shape index (κ2) is 8.05. The second-order valence-electron chi connectivity index (χ2n) is 8.02. The minimum Gasteiger partial charge on any atom is -0.471 e. The fourth-order valence-corrected chi connectivity index (χ4v) is 4.49. The average molecular weight is 459 g/mol. The molecule has 11 heteroatoms. The first kappa shape index (κ1) is 21.2. The highest BCUT2D eigenvalue weighted by atomic mass is 19.4. The van der Waals surface area contributed by atoms with E-state index in [0.717, 1.165) is 12.3 Å². The van der Waals surface area contributed by atoms with Crippen molar-refractivity contribution in [2.45, 2.75) is 31.2 Å². The van der Waals surface area contributed by atoms with E-state index < -0.39 is 23.8 Å². The van der Waals surface area contributed by atoms with Gasteiger partial charge in [0, 0.05) is 24.5 Å². The smallest absolute Gasteiger partial charge is 0.434 e. The van der Waals surface area contributed by atoms with E-state index in [1.54, 1.807) is 11.0 Å². The number of likely N-dealkylation sites (tertiary alicyclic amines) is 1. The van der Waals surface area contributed by atoms with Crippen molar-refractivity contribution in [3.8, 4) is 17.3 Å². The summed E-state index contributed by atoms with van der Waals surface area (Å²) < 4.78 is 58.0. The summed E-state index contributed by atoms with van der Waals surface area (Å²) in [6.45, 7) is 0.480. The lowest BCUT2D eigenvalue weighted by Crippen LogP contribution is -2.47. The van der Waals surface area contributed by atoms with Crippen LogP contribution in [0.15, 0.2) is 49.1 Å². The Morgan fingerprint density at radius 1 is 1.06 bits per heavy atom. The van der Waals surface area contributed by atoms with Crippen molar-refractivity contribution in [2.75, 3.05) is 6.54 Å². The van der Waals surface area contributed by atoms with Crippen LogP contribution in [0.3, 0.4) is 0 Å². The number of fused-ring (bicyclic) bond motifs is 2. The first-order chi connectivity index (χ1) is 15.8. The first-order valence-electron chi connectivity index (χ1n) is 10.2. The van der Waals surface area contributed by atoms with Crippen LogP contribution in [0.1, 0.15) is 28.9 Å². The molecule has 1 aromatic carbocycles. The Balaban J connectivity index is 1.37. The van der Waals surface area contributed by atoms with Gasteiger partial charge in [0.05, 0.1) is 24.0 Å². The Bertz CT molecular complexity index is 1170. The van der Waals surface area contributed by atoms with Crippen molar-refractivity contribution in [1.82, 2.24) is 24.8 Å². The van der Waals surface area contributed by atoms with Gasteiger partial charge in [-0.25, -0.2) is 24.3 Å². The van der Waals surface area contributed by atoms with Crippen molar-refractivity contribution in [3.05, 3.63) is 66.1 Å². The van der Waals surface area contributed by atoms with Crippen LogP contribution in [0.4, 0.5) is 17.6 Å². The summed E-state index contributed by atoms with van der Waals surface area (Å²) in [6, 6.07) is 5.20. The maximum atomic E-state index is 14.0. The van der Waals surface area contributed by atoms with Gasteiger partial charge in [0.15, 0.2) is 11.5 Å². The topological polar surface area (TPSA) is 81.1 Å². The van der Waals surface area contributed by atoms with Crippen LogP contribution in [0.5, 0.6) is 5.88 Å². The quantitative estimate of drug-likeness (QED) is 0.553. The predicted molar refractivity (Wildman–Crippen MR) is 106 cm³/mol. The van der Waals surface area contributed by atoms with Crippen LogP contribution in [0.2, 0.25) is 0 Å². The van der Waals surface area contributed by atoms with E-state index in [0.29, 0.717) is 37.0 Å². The number of nitrogens with zero attached hydrogens (tertiary/aromatic N) is 5. The highest BCUT2D eigenvalue weighted by Gasteiger charge is 2.49. The molecule has 2 aromatic heterocycles. The number of amides is 1. The summed E-state index contributed by atoms with van der Waals surface area (Å²) in [5, 5.41) is 0. The summed E-state index contributed by atoms with van der Waals surface area (Å²) in [6.07, 6.45) is 0.879. The highest BCUT2D eigenvalue weighted by molar-refractivity contribution is 6.00. The van der Waals surface area contributed by atoms with E-state index in [-0.39, 0.29) is 29.3 Å². The van der Waals surface area contributed by atoms with Crippen molar-refractivity contribution in [1.29, 1.82) is 0 Å². The molecular formula is C22H17F4N5O2. The van der Waals surface area contributed by atoms with E-state index in [1.807, 2.05) is 0 Å². The Kier molecular flexibility index (Phi) is 5.18. The molecule has 1 aliphatic carbocycles. The summed E-state index contributed by atoms with van der Waals surface area (Å²) in [5.74, 6) is -0.516. The average Bonchev–Trinajstić information content (AvgIpc) is 3.39. The lowest BCUT2D eigenvalue weighted by Gasteiger charge is -2.33. The predicted octanol–water partition coefficient (Wildman–Crippen LogP) is 3.77. The summed E-state index contributed by atoms with van der Waals surface area (Å²) >= 11 is 0. The molecule has 3 aromatic rings. The lowest BCUT2D eigenvalue weighted by molar-refractivity contribution is -0.141. The van der Waals surface area contributed by atoms with E-state index in [2.05, 4.69) is 19.9 Å². The highest BCUT2D eigenvalue weighted by Crippen LogP contribution is 2.41. The van der Waals surface area contributed by atoms with Crippen LogP contribution < -0.4 is 4.74 Å². The fraction of sp³-hybridized carbons (Fsp3) is 0.318. The zero-order valence-corrected chi connectivity index (χ0v) is 17.0. The second-order valence-corrected chi connectivity index (χ2v) is 8.02. The number of carbonyl (C=O) groups excluding carboxylic acids is 1. The van der Waals surface area contributed by atoms with Gasteiger partial charge in [0.25, 0.3) is 5.91 Å². The zero-order valence-electron chi connectivity index (χ0n) is 17.0. The molecule has 1 saturated heterocycles. The van der Waals surface area contributed by atoms with E-state index in [9.17, 15) is 22.4 Å². The molecule has 5 rings (SSSR count). The molecule has 3 unspecified atom stereocenters. The number of ether oxygens (including phenoxy) is 1. The Morgan fingerprint density at radius 3 is 2.52 bits per heavy atom. The third-order valence-corrected chi connectivity index (χ3v) is 5.90. The number of halogens is 4. The molecule has 1 aliphatic heterocycles. The summed E-state index contributed by atoms with van der Waals surface area (Å²) in [7, 11) is 0. The first-order valence-corrected chi connectivity index (χ1v) is 10.2. The van der Waals surface area contributed by atoms with Crippen molar-refractivity contribution < 1.29 is 27.1 Å². The van der Waals surface area contributed by atoms with Gasteiger partial charge in [-0.15, -0.1) is 0 Å². The van der Waals surface area contributed by atoms with Crippen molar-refractivity contribution in [3.63, 3.8) is 0 Å². The number of aromatic nitrogens is 4. The Hall–Kier alpha value is -3.63. The number of hydrogen-bond donors (Lipinski definition) is 0.